The molecule has 7 heteroatoms. The van der Waals surface area contributed by atoms with Crippen molar-refractivity contribution in [3.63, 3.8) is 0 Å². The van der Waals surface area contributed by atoms with Gasteiger partial charge in [-0.25, -0.2) is 0 Å². The summed E-state index contributed by atoms with van der Waals surface area (Å²) in [6.45, 7) is 12.0. The van der Waals surface area contributed by atoms with E-state index >= 15 is 0 Å². The molecule has 2 atom stereocenters. The van der Waals surface area contributed by atoms with Crippen LogP contribution in [0.5, 0.6) is 0 Å². The summed E-state index contributed by atoms with van der Waals surface area (Å²) in [5, 5.41) is 3.57. The molecule has 2 heterocycles. The van der Waals surface area contributed by atoms with Gasteiger partial charge in [0.15, 0.2) is 0 Å². The third-order valence-electron chi connectivity index (χ3n) is 6.49. The minimum Gasteiger partial charge on any atom is -0.340 e. The van der Waals surface area contributed by atoms with Gasteiger partial charge < -0.3 is 15.1 Å². The number of hydrogen-bond donors (Lipinski definition) is 1. The Labute approximate surface area is 185 Å². The lowest BCUT2D eigenvalue weighted by Crippen LogP contribution is -2.57. The Morgan fingerprint density at radius 2 is 1.53 bits per heavy atom. The molecule has 0 aliphatic carbocycles. The third kappa shape index (κ3) is 6.19. The van der Waals surface area contributed by atoms with Crippen molar-refractivity contribution in [2.24, 2.45) is 5.92 Å². The zero-order valence-corrected chi connectivity index (χ0v) is 19.0. The molecule has 0 saturated carbocycles. The SMILES string of the molecule is CCC(C)C(NC(=O)c1ccc(Cl)cc1)C(=O)N1CCN(CCN2CCCC2)CC1. The number of nitrogens with one attached hydrogen (secondary N) is 1. The number of piperazine rings is 1. The van der Waals surface area contributed by atoms with Crippen molar-refractivity contribution < 1.29 is 9.59 Å². The van der Waals surface area contributed by atoms with E-state index in [1.165, 1.54) is 25.9 Å². The zero-order chi connectivity index (χ0) is 21.5. The van der Waals surface area contributed by atoms with Crippen LogP contribution in [0.3, 0.4) is 0 Å². The normalized spacial score (nSPS) is 20.2. The van der Waals surface area contributed by atoms with Crippen LogP contribution in [0.25, 0.3) is 0 Å². The van der Waals surface area contributed by atoms with Crippen LogP contribution in [0.4, 0.5) is 0 Å². The van der Waals surface area contributed by atoms with E-state index in [0.717, 1.165) is 45.7 Å². The first kappa shape index (κ1) is 23.0. The molecular weight excluding hydrogens is 400 g/mol. The Morgan fingerprint density at radius 3 is 2.10 bits per heavy atom. The molecule has 2 unspecified atom stereocenters. The van der Waals surface area contributed by atoms with Crippen molar-refractivity contribution in [2.75, 3.05) is 52.4 Å². The topological polar surface area (TPSA) is 55.9 Å². The first-order chi connectivity index (χ1) is 14.5. The lowest BCUT2D eigenvalue weighted by atomic mass is 9.97. The van der Waals surface area contributed by atoms with Gasteiger partial charge in [0.2, 0.25) is 5.91 Å². The van der Waals surface area contributed by atoms with Crippen LogP contribution < -0.4 is 5.32 Å². The third-order valence-corrected chi connectivity index (χ3v) is 6.74. The number of amides is 2. The number of carbonyl (C=O) groups is 2. The van der Waals surface area contributed by atoms with Crippen molar-refractivity contribution in [2.45, 2.75) is 39.2 Å². The number of nitrogens with zero attached hydrogens (tertiary/aromatic N) is 3. The van der Waals surface area contributed by atoms with Gasteiger partial charge in [-0.2, -0.15) is 0 Å². The van der Waals surface area contributed by atoms with Gasteiger partial charge in [0, 0.05) is 49.9 Å². The van der Waals surface area contributed by atoms with Crippen LogP contribution in [0.2, 0.25) is 5.02 Å². The summed E-state index contributed by atoms with van der Waals surface area (Å²) in [6, 6.07) is 6.26. The second kappa shape index (κ2) is 11.1. The number of benzene rings is 1. The summed E-state index contributed by atoms with van der Waals surface area (Å²) in [4.78, 5) is 32.9. The molecule has 2 amide bonds. The maximum atomic E-state index is 13.3. The maximum Gasteiger partial charge on any atom is 0.251 e. The predicted molar refractivity (Wildman–Crippen MR) is 121 cm³/mol. The molecule has 6 nitrogen and oxygen atoms in total. The molecule has 0 radical (unpaired) electrons. The average molecular weight is 435 g/mol. The summed E-state index contributed by atoms with van der Waals surface area (Å²) in [6.07, 6.45) is 3.47. The highest BCUT2D eigenvalue weighted by Crippen LogP contribution is 2.15. The Hall–Kier alpha value is -1.63. The average Bonchev–Trinajstić information content (AvgIpc) is 3.29. The van der Waals surface area contributed by atoms with E-state index in [9.17, 15) is 9.59 Å². The lowest BCUT2D eigenvalue weighted by molar-refractivity contribution is -0.136. The largest absolute Gasteiger partial charge is 0.340 e. The van der Waals surface area contributed by atoms with Crippen LogP contribution in [-0.4, -0.2) is 84.9 Å². The Balaban J connectivity index is 1.53. The van der Waals surface area contributed by atoms with Gasteiger partial charge in [0.25, 0.3) is 5.91 Å². The first-order valence-corrected chi connectivity index (χ1v) is 11.7. The molecule has 2 saturated heterocycles. The molecule has 0 bridgehead atoms. The van der Waals surface area contributed by atoms with Crippen molar-refractivity contribution in [3.8, 4) is 0 Å². The van der Waals surface area contributed by atoms with E-state index in [4.69, 9.17) is 11.6 Å². The summed E-state index contributed by atoms with van der Waals surface area (Å²) in [5.41, 5.74) is 0.521. The van der Waals surface area contributed by atoms with E-state index < -0.39 is 6.04 Å². The molecule has 0 spiro atoms. The lowest BCUT2D eigenvalue weighted by Gasteiger charge is -2.38. The van der Waals surface area contributed by atoms with Gasteiger partial charge in [-0.15, -0.1) is 0 Å². The van der Waals surface area contributed by atoms with Gasteiger partial charge in [0.05, 0.1) is 0 Å². The molecule has 1 aromatic carbocycles. The highest BCUT2D eigenvalue weighted by Gasteiger charge is 2.32. The molecule has 1 N–H and O–H groups in total. The second-order valence-corrected chi connectivity index (χ2v) is 9.00. The number of likely N-dealkylation sites (tertiary alicyclic amines) is 1. The highest BCUT2D eigenvalue weighted by atomic mass is 35.5. The van der Waals surface area contributed by atoms with E-state index in [1.54, 1.807) is 24.3 Å². The van der Waals surface area contributed by atoms with Crippen LogP contribution in [0, 0.1) is 5.92 Å². The molecular formula is C23H35ClN4O2. The number of rotatable bonds is 8. The molecule has 2 aliphatic rings. The van der Waals surface area contributed by atoms with Crippen molar-refractivity contribution >= 4 is 23.4 Å². The Kier molecular flexibility index (Phi) is 8.54. The van der Waals surface area contributed by atoms with Crippen LogP contribution in [0.1, 0.15) is 43.5 Å². The summed E-state index contributed by atoms with van der Waals surface area (Å²) in [7, 11) is 0. The summed E-state index contributed by atoms with van der Waals surface area (Å²) in [5.74, 6) is -0.123. The monoisotopic (exact) mass is 434 g/mol. The number of hydrogen-bond acceptors (Lipinski definition) is 4. The smallest absolute Gasteiger partial charge is 0.251 e. The minimum absolute atomic E-state index is 0.0332. The summed E-state index contributed by atoms with van der Waals surface area (Å²) < 4.78 is 0. The van der Waals surface area contributed by atoms with Crippen molar-refractivity contribution in [3.05, 3.63) is 34.9 Å². The second-order valence-electron chi connectivity index (χ2n) is 8.56. The molecule has 30 heavy (non-hydrogen) atoms. The molecule has 0 aromatic heterocycles. The van der Waals surface area contributed by atoms with Gasteiger partial charge in [-0.05, 0) is 56.1 Å². The van der Waals surface area contributed by atoms with E-state index in [1.807, 2.05) is 11.8 Å². The maximum absolute atomic E-state index is 13.3. The van der Waals surface area contributed by atoms with E-state index in [2.05, 4.69) is 22.0 Å². The van der Waals surface area contributed by atoms with Gasteiger partial charge >= 0.3 is 0 Å². The van der Waals surface area contributed by atoms with Crippen LogP contribution in [0.15, 0.2) is 24.3 Å². The number of halogens is 1. The zero-order valence-electron chi connectivity index (χ0n) is 18.3. The van der Waals surface area contributed by atoms with Gasteiger partial charge in [0.1, 0.15) is 6.04 Å². The molecule has 2 aliphatic heterocycles. The van der Waals surface area contributed by atoms with Gasteiger partial charge in [-0.1, -0.05) is 31.9 Å². The Bertz CT molecular complexity index is 698. The fourth-order valence-corrected chi connectivity index (χ4v) is 4.31. The van der Waals surface area contributed by atoms with E-state index in [0.29, 0.717) is 10.6 Å². The summed E-state index contributed by atoms with van der Waals surface area (Å²) >= 11 is 5.92. The molecule has 1 aromatic rings. The van der Waals surface area contributed by atoms with Crippen LogP contribution in [-0.2, 0) is 4.79 Å². The molecule has 3 rings (SSSR count). The minimum atomic E-state index is -0.505. The van der Waals surface area contributed by atoms with Gasteiger partial charge in [-0.3, -0.25) is 14.5 Å². The fourth-order valence-electron chi connectivity index (χ4n) is 4.19. The van der Waals surface area contributed by atoms with E-state index in [-0.39, 0.29) is 17.7 Å². The fraction of sp³-hybridized carbons (Fsp3) is 0.652. The quantitative estimate of drug-likeness (QED) is 0.683. The molecule has 2 fully saturated rings. The van der Waals surface area contributed by atoms with Crippen molar-refractivity contribution in [1.29, 1.82) is 0 Å². The molecule has 166 valence electrons. The first-order valence-electron chi connectivity index (χ1n) is 11.3. The van der Waals surface area contributed by atoms with Crippen molar-refractivity contribution in [1.82, 2.24) is 20.0 Å². The highest BCUT2D eigenvalue weighted by molar-refractivity contribution is 6.30. The van der Waals surface area contributed by atoms with Crippen LogP contribution >= 0.6 is 11.6 Å². The number of carbonyl (C=O) groups excluding carboxylic acids is 2. The predicted octanol–water partition coefficient (Wildman–Crippen LogP) is 2.72. The Morgan fingerprint density at radius 1 is 0.967 bits per heavy atom. The standard InChI is InChI=1S/C23H35ClN4O2/c1-3-18(2)21(25-22(29)19-6-8-20(24)9-7-19)23(30)28-16-14-27(15-17-28)13-12-26-10-4-5-11-26/h6-9,18,21H,3-5,10-17H2,1-2H3,(H,25,29).